The quantitative estimate of drug-likeness (QED) is 0.430. The van der Waals surface area contributed by atoms with E-state index in [2.05, 4.69) is 20.7 Å². The van der Waals surface area contributed by atoms with E-state index < -0.39 is 29.1 Å². The number of rotatable bonds is 7. The molecule has 3 rings (SSSR count). The highest BCUT2D eigenvalue weighted by molar-refractivity contribution is 5.96. The van der Waals surface area contributed by atoms with Crippen LogP contribution < -0.4 is 15.4 Å². The Morgan fingerprint density at radius 3 is 2.61 bits per heavy atom. The topological polar surface area (TPSA) is 124 Å². The normalized spacial score (nSPS) is 11.1. The van der Waals surface area contributed by atoms with E-state index in [9.17, 15) is 28.1 Å². The standard InChI is InChI=1S/C18H15F3N6O4/c1-31-16-5-3-12(27(29)30)7-14(16)23-8-17(28)25-13-6-11(18(19,20)21)2-4-15(13)26-10-22-9-24-26/h2-7,9-10,23H,8H2,1H3,(H,25,28). The molecule has 3 aromatic rings. The minimum atomic E-state index is -4.62. The number of nitro benzene ring substituents is 1. The van der Waals surface area contributed by atoms with Gasteiger partial charge in [-0.2, -0.15) is 18.3 Å². The molecule has 162 valence electrons. The second kappa shape index (κ2) is 8.69. The lowest BCUT2D eigenvalue weighted by Crippen LogP contribution is -2.23. The van der Waals surface area contributed by atoms with Crippen molar-refractivity contribution in [3.63, 3.8) is 0 Å². The first kappa shape index (κ1) is 21.5. The molecule has 0 unspecified atom stereocenters. The molecule has 0 bridgehead atoms. The Hall–Kier alpha value is -4.16. The summed E-state index contributed by atoms with van der Waals surface area (Å²) in [6.45, 7) is -0.398. The predicted molar refractivity (Wildman–Crippen MR) is 103 cm³/mol. The van der Waals surface area contributed by atoms with Gasteiger partial charge in [0.1, 0.15) is 18.4 Å². The smallest absolute Gasteiger partial charge is 0.416 e. The van der Waals surface area contributed by atoms with Crippen LogP contribution in [-0.4, -0.2) is 39.2 Å². The van der Waals surface area contributed by atoms with Gasteiger partial charge in [-0.05, 0) is 24.3 Å². The number of alkyl halides is 3. The molecular formula is C18H15F3N6O4. The first-order chi connectivity index (χ1) is 14.7. The molecule has 1 amide bonds. The fourth-order valence-corrected chi connectivity index (χ4v) is 2.66. The molecule has 10 nitrogen and oxygen atoms in total. The first-order valence-electron chi connectivity index (χ1n) is 8.61. The number of halogens is 3. The number of carbonyl (C=O) groups excluding carboxylic acids is 1. The first-order valence-corrected chi connectivity index (χ1v) is 8.61. The average Bonchev–Trinajstić information content (AvgIpc) is 3.26. The number of nitro groups is 1. The van der Waals surface area contributed by atoms with Gasteiger partial charge < -0.3 is 15.4 Å². The van der Waals surface area contributed by atoms with Gasteiger partial charge in [0.15, 0.2) is 0 Å². The number of carbonyl (C=O) groups is 1. The zero-order valence-electron chi connectivity index (χ0n) is 15.9. The Morgan fingerprint density at radius 2 is 2.00 bits per heavy atom. The van der Waals surface area contributed by atoms with Crippen molar-refractivity contribution in [2.24, 2.45) is 0 Å². The number of hydrogen-bond donors (Lipinski definition) is 2. The monoisotopic (exact) mass is 436 g/mol. The van der Waals surface area contributed by atoms with Crippen molar-refractivity contribution in [1.29, 1.82) is 0 Å². The van der Waals surface area contributed by atoms with Crippen molar-refractivity contribution in [3.05, 3.63) is 64.7 Å². The summed E-state index contributed by atoms with van der Waals surface area (Å²) in [5, 5.41) is 19.9. The summed E-state index contributed by atoms with van der Waals surface area (Å²) in [7, 11) is 1.35. The van der Waals surface area contributed by atoms with E-state index in [1.165, 1.54) is 42.6 Å². The highest BCUT2D eigenvalue weighted by atomic mass is 19.4. The van der Waals surface area contributed by atoms with Crippen LogP contribution in [0, 0.1) is 10.1 Å². The van der Waals surface area contributed by atoms with Crippen LogP contribution in [0.1, 0.15) is 5.56 Å². The van der Waals surface area contributed by atoms with Crippen LogP contribution >= 0.6 is 0 Å². The number of non-ortho nitro benzene ring substituents is 1. The third-order valence-electron chi connectivity index (χ3n) is 4.10. The number of methoxy groups -OCH3 is 1. The maximum atomic E-state index is 13.1. The highest BCUT2D eigenvalue weighted by Crippen LogP contribution is 2.33. The lowest BCUT2D eigenvalue weighted by atomic mass is 10.1. The number of anilines is 2. The third kappa shape index (κ3) is 5.07. The minimum absolute atomic E-state index is 0.141. The summed E-state index contributed by atoms with van der Waals surface area (Å²) in [5.74, 6) is -0.449. The Labute approximate surface area is 172 Å². The van der Waals surface area contributed by atoms with Crippen molar-refractivity contribution >= 4 is 23.0 Å². The molecule has 0 saturated carbocycles. The van der Waals surface area contributed by atoms with E-state index in [1.807, 2.05) is 0 Å². The van der Waals surface area contributed by atoms with E-state index >= 15 is 0 Å². The summed E-state index contributed by atoms with van der Waals surface area (Å²) in [6, 6.07) is 6.56. The van der Waals surface area contributed by atoms with Gasteiger partial charge in [0.2, 0.25) is 5.91 Å². The molecule has 0 spiro atoms. The number of amides is 1. The molecule has 0 atom stereocenters. The van der Waals surface area contributed by atoms with E-state index in [4.69, 9.17) is 4.74 Å². The summed E-state index contributed by atoms with van der Waals surface area (Å²) in [4.78, 5) is 26.5. The van der Waals surface area contributed by atoms with E-state index in [0.717, 1.165) is 18.2 Å². The van der Waals surface area contributed by atoms with E-state index in [1.54, 1.807) is 0 Å². The van der Waals surface area contributed by atoms with Crippen LogP contribution in [0.5, 0.6) is 5.75 Å². The summed E-state index contributed by atoms with van der Waals surface area (Å²) >= 11 is 0. The second-order valence-electron chi connectivity index (χ2n) is 6.11. The fraction of sp³-hybridized carbons (Fsp3) is 0.167. The van der Waals surface area contributed by atoms with Gasteiger partial charge in [-0.25, -0.2) is 9.67 Å². The summed E-state index contributed by atoms with van der Waals surface area (Å²) in [5.41, 5.74) is -0.979. The molecule has 2 N–H and O–H groups in total. The van der Waals surface area contributed by atoms with Crippen molar-refractivity contribution in [3.8, 4) is 11.4 Å². The van der Waals surface area contributed by atoms with Gasteiger partial charge >= 0.3 is 6.18 Å². The molecule has 0 aliphatic carbocycles. The molecule has 0 aliphatic rings. The number of ether oxygens (including phenoxy) is 1. The second-order valence-corrected chi connectivity index (χ2v) is 6.11. The maximum Gasteiger partial charge on any atom is 0.416 e. The molecule has 2 aromatic carbocycles. The molecular weight excluding hydrogens is 421 g/mol. The summed E-state index contributed by atoms with van der Waals surface area (Å²) in [6.07, 6.45) is -2.15. The Bertz CT molecular complexity index is 1100. The van der Waals surface area contributed by atoms with Crippen LogP contribution in [0.25, 0.3) is 5.69 Å². The molecule has 0 saturated heterocycles. The van der Waals surface area contributed by atoms with Gasteiger partial charge in [0.05, 0.1) is 41.2 Å². The van der Waals surface area contributed by atoms with Crippen LogP contribution in [0.15, 0.2) is 49.1 Å². The molecule has 0 radical (unpaired) electrons. The molecule has 13 heteroatoms. The van der Waals surface area contributed by atoms with Gasteiger partial charge in [0.25, 0.3) is 5.69 Å². The lowest BCUT2D eigenvalue weighted by Gasteiger charge is -2.15. The van der Waals surface area contributed by atoms with E-state index in [0.29, 0.717) is 0 Å². The largest absolute Gasteiger partial charge is 0.495 e. The van der Waals surface area contributed by atoms with E-state index in [-0.39, 0.29) is 28.5 Å². The molecule has 0 fully saturated rings. The Morgan fingerprint density at radius 1 is 1.23 bits per heavy atom. The van der Waals surface area contributed by atoms with Gasteiger partial charge in [-0.15, -0.1) is 0 Å². The van der Waals surface area contributed by atoms with Crippen molar-refractivity contribution in [2.45, 2.75) is 6.18 Å². The SMILES string of the molecule is COc1ccc([N+](=O)[O-])cc1NCC(=O)Nc1cc(C(F)(F)F)ccc1-n1cncn1. The number of aromatic nitrogens is 3. The van der Waals surface area contributed by atoms with Crippen LogP contribution in [0.4, 0.5) is 30.2 Å². The lowest BCUT2D eigenvalue weighted by molar-refractivity contribution is -0.384. The Balaban J connectivity index is 1.82. The maximum absolute atomic E-state index is 13.1. The van der Waals surface area contributed by atoms with Gasteiger partial charge in [0, 0.05) is 12.1 Å². The van der Waals surface area contributed by atoms with Crippen molar-refractivity contribution < 1.29 is 27.6 Å². The number of nitrogens with zero attached hydrogens (tertiary/aromatic N) is 4. The zero-order valence-corrected chi connectivity index (χ0v) is 15.9. The fourth-order valence-electron chi connectivity index (χ4n) is 2.66. The van der Waals surface area contributed by atoms with Crippen LogP contribution in [0.2, 0.25) is 0 Å². The zero-order chi connectivity index (χ0) is 22.6. The van der Waals surface area contributed by atoms with Crippen molar-refractivity contribution in [2.75, 3.05) is 24.3 Å². The third-order valence-corrected chi connectivity index (χ3v) is 4.10. The summed E-state index contributed by atoms with van der Waals surface area (Å²) < 4.78 is 45.6. The number of hydrogen-bond acceptors (Lipinski definition) is 7. The molecule has 31 heavy (non-hydrogen) atoms. The van der Waals surface area contributed by atoms with Gasteiger partial charge in [-0.1, -0.05) is 0 Å². The number of nitrogens with one attached hydrogen (secondary N) is 2. The predicted octanol–water partition coefficient (Wildman–Crippen LogP) is 3.25. The highest BCUT2D eigenvalue weighted by Gasteiger charge is 2.31. The van der Waals surface area contributed by atoms with Crippen LogP contribution in [-0.2, 0) is 11.0 Å². The van der Waals surface area contributed by atoms with Gasteiger partial charge in [-0.3, -0.25) is 14.9 Å². The Kier molecular flexibility index (Phi) is 6.04. The molecule has 1 heterocycles. The number of benzene rings is 2. The molecule has 1 aromatic heterocycles. The van der Waals surface area contributed by atoms with Crippen LogP contribution in [0.3, 0.4) is 0 Å². The minimum Gasteiger partial charge on any atom is -0.495 e. The van der Waals surface area contributed by atoms with Crippen molar-refractivity contribution in [1.82, 2.24) is 14.8 Å². The molecule has 0 aliphatic heterocycles. The average molecular weight is 436 g/mol.